The quantitative estimate of drug-likeness (QED) is 0.724. The van der Waals surface area contributed by atoms with E-state index >= 15 is 0 Å². The number of hydrogen-bond acceptors (Lipinski definition) is 3. The molecule has 0 spiro atoms. The summed E-state index contributed by atoms with van der Waals surface area (Å²) in [5.74, 6) is 0. The SMILES string of the molecule is OC1(CCCC2OCCO2)C=CCCC1. The van der Waals surface area contributed by atoms with E-state index in [1.54, 1.807) is 0 Å². The molecule has 1 N–H and O–H groups in total. The van der Waals surface area contributed by atoms with Crippen molar-refractivity contribution < 1.29 is 14.6 Å². The largest absolute Gasteiger partial charge is 0.386 e. The Balaban J connectivity index is 1.67. The molecular weight excluding hydrogens is 192 g/mol. The minimum absolute atomic E-state index is 0.0267. The molecule has 3 heteroatoms. The molecule has 1 fully saturated rings. The van der Waals surface area contributed by atoms with Crippen LogP contribution < -0.4 is 0 Å². The van der Waals surface area contributed by atoms with Crippen LogP contribution in [0.25, 0.3) is 0 Å². The molecule has 0 bridgehead atoms. The smallest absolute Gasteiger partial charge is 0.157 e. The first kappa shape index (κ1) is 11.1. The van der Waals surface area contributed by atoms with E-state index in [1.807, 2.05) is 6.08 Å². The summed E-state index contributed by atoms with van der Waals surface area (Å²) < 4.78 is 10.7. The van der Waals surface area contributed by atoms with Crippen molar-refractivity contribution in [3.05, 3.63) is 12.2 Å². The van der Waals surface area contributed by atoms with Crippen LogP contribution >= 0.6 is 0 Å². The van der Waals surface area contributed by atoms with Crippen molar-refractivity contribution in [3.8, 4) is 0 Å². The standard InChI is InChI=1S/C12H20O3/c13-12(6-2-1-3-7-12)8-4-5-11-14-9-10-15-11/h2,6,11,13H,1,3-5,7-10H2. The van der Waals surface area contributed by atoms with Crippen LogP contribution in [0.3, 0.4) is 0 Å². The minimum Gasteiger partial charge on any atom is -0.386 e. The lowest BCUT2D eigenvalue weighted by Crippen LogP contribution is -2.27. The predicted octanol–water partition coefficient (Wildman–Crippen LogP) is 2.00. The van der Waals surface area contributed by atoms with Gasteiger partial charge in [-0.25, -0.2) is 0 Å². The van der Waals surface area contributed by atoms with Gasteiger partial charge in [-0.1, -0.05) is 12.2 Å². The highest BCUT2D eigenvalue weighted by Crippen LogP contribution is 2.27. The predicted molar refractivity (Wildman–Crippen MR) is 57.5 cm³/mol. The molecule has 0 aromatic rings. The van der Waals surface area contributed by atoms with E-state index in [0.717, 1.165) is 51.7 Å². The van der Waals surface area contributed by atoms with Gasteiger partial charge in [0.2, 0.25) is 0 Å². The van der Waals surface area contributed by atoms with E-state index in [4.69, 9.17) is 9.47 Å². The molecule has 15 heavy (non-hydrogen) atoms. The third-order valence-corrected chi connectivity index (χ3v) is 3.15. The van der Waals surface area contributed by atoms with Gasteiger partial charge < -0.3 is 14.6 Å². The van der Waals surface area contributed by atoms with Crippen LogP contribution in [-0.4, -0.2) is 30.2 Å². The molecule has 0 radical (unpaired) electrons. The molecule has 0 aromatic carbocycles. The maximum atomic E-state index is 10.2. The topological polar surface area (TPSA) is 38.7 Å². The zero-order chi connectivity index (χ0) is 10.6. The third kappa shape index (κ3) is 3.30. The van der Waals surface area contributed by atoms with Crippen LogP contribution in [0.4, 0.5) is 0 Å². The van der Waals surface area contributed by atoms with Gasteiger partial charge in [-0.15, -0.1) is 0 Å². The van der Waals surface area contributed by atoms with Crippen molar-refractivity contribution in [2.45, 2.75) is 50.4 Å². The van der Waals surface area contributed by atoms with Crippen LogP contribution in [0.5, 0.6) is 0 Å². The third-order valence-electron chi connectivity index (χ3n) is 3.15. The van der Waals surface area contributed by atoms with Gasteiger partial charge in [0.05, 0.1) is 18.8 Å². The second-order valence-electron chi connectivity index (χ2n) is 4.46. The first-order valence-electron chi connectivity index (χ1n) is 5.92. The average molecular weight is 212 g/mol. The van der Waals surface area contributed by atoms with Gasteiger partial charge in [0, 0.05) is 0 Å². The minimum atomic E-state index is -0.559. The Morgan fingerprint density at radius 3 is 2.80 bits per heavy atom. The lowest BCUT2D eigenvalue weighted by molar-refractivity contribution is -0.0515. The van der Waals surface area contributed by atoms with Crippen molar-refractivity contribution in [3.63, 3.8) is 0 Å². The number of hydrogen-bond donors (Lipinski definition) is 1. The summed E-state index contributed by atoms with van der Waals surface area (Å²) in [4.78, 5) is 0. The van der Waals surface area contributed by atoms with E-state index in [9.17, 15) is 5.11 Å². The number of aliphatic hydroxyl groups is 1. The molecule has 0 saturated carbocycles. The maximum Gasteiger partial charge on any atom is 0.157 e. The first-order chi connectivity index (χ1) is 7.29. The van der Waals surface area contributed by atoms with Crippen LogP contribution in [-0.2, 0) is 9.47 Å². The van der Waals surface area contributed by atoms with Gasteiger partial charge >= 0.3 is 0 Å². The van der Waals surface area contributed by atoms with Crippen molar-refractivity contribution in [1.29, 1.82) is 0 Å². The fourth-order valence-corrected chi connectivity index (χ4v) is 2.27. The zero-order valence-corrected chi connectivity index (χ0v) is 9.15. The molecule has 1 aliphatic heterocycles. The fourth-order valence-electron chi connectivity index (χ4n) is 2.27. The van der Waals surface area contributed by atoms with Gasteiger partial charge in [-0.3, -0.25) is 0 Å². The molecule has 2 rings (SSSR count). The van der Waals surface area contributed by atoms with E-state index in [0.29, 0.717) is 0 Å². The van der Waals surface area contributed by atoms with E-state index in [-0.39, 0.29) is 6.29 Å². The fraction of sp³-hybridized carbons (Fsp3) is 0.833. The Hall–Kier alpha value is -0.380. The second-order valence-corrected chi connectivity index (χ2v) is 4.46. The first-order valence-corrected chi connectivity index (χ1v) is 5.92. The van der Waals surface area contributed by atoms with E-state index < -0.39 is 5.60 Å². The summed E-state index contributed by atoms with van der Waals surface area (Å²) in [6, 6.07) is 0. The van der Waals surface area contributed by atoms with Crippen molar-refractivity contribution in [1.82, 2.24) is 0 Å². The zero-order valence-electron chi connectivity index (χ0n) is 9.15. The van der Waals surface area contributed by atoms with Crippen LogP contribution in [0.2, 0.25) is 0 Å². The molecule has 2 aliphatic rings. The number of rotatable bonds is 4. The normalized spacial score (nSPS) is 32.3. The molecule has 1 heterocycles. The molecule has 1 unspecified atom stereocenters. The highest BCUT2D eigenvalue weighted by Gasteiger charge is 2.25. The molecule has 3 nitrogen and oxygen atoms in total. The van der Waals surface area contributed by atoms with Crippen LogP contribution in [0, 0.1) is 0 Å². The van der Waals surface area contributed by atoms with E-state index in [2.05, 4.69) is 6.08 Å². The Kier molecular flexibility index (Phi) is 3.78. The highest BCUT2D eigenvalue weighted by atomic mass is 16.7. The highest BCUT2D eigenvalue weighted by molar-refractivity contribution is 5.04. The number of allylic oxidation sites excluding steroid dienone is 1. The molecule has 1 atom stereocenters. The summed E-state index contributed by atoms with van der Waals surface area (Å²) >= 11 is 0. The van der Waals surface area contributed by atoms with Gasteiger partial charge in [0.15, 0.2) is 6.29 Å². The maximum absolute atomic E-state index is 10.2. The Morgan fingerprint density at radius 1 is 1.33 bits per heavy atom. The number of ether oxygens (including phenoxy) is 2. The van der Waals surface area contributed by atoms with Gasteiger partial charge in [0.25, 0.3) is 0 Å². The molecule has 0 amide bonds. The van der Waals surface area contributed by atoms with Crippen molar-refractivity contribution in [2.75, 3.05) is 13.2 Å². The second kappa shape index (κ2) is 5.10. The Labute approximate surface area is 91.1 Å². The molecule has 0 aromatic heterocycles. The molecular formula is C12H20O3. The molecule has 1 saturated heterocycles. The van der Waals surface area contributed by atoms with Crippen LogP contribution in [0.1, 0.15) is 38.5 Å². The van der Waals surface area contributed by atoms with Crippen molar-refractivity contribution in [2.24, 2.45) is 0 Å². The van der Waals surface area contributed by atoms with Gasteiger partial charge in [-0.2, -0.15) is 0 Å². The molecule has 86 valence electrons. The summed E-state index contributed by atoms with van der Waals surface area (Å²) in [6.07, 6.45) is 9.82. The van der Waals surface area contributed by atoms with Gasteiger partial charge in [-0.05, 0) is 38.5 Å². The average Bonchev–Trinajstić information content (AvgIpc) is 2.71. The van der Waals surface area contributed by atoms with E-state index in [1.165, 1.54) is 0 Å². The summed E-state index contributed by atoms with van der Waals surface area (Å²) in [6.45, 7) is 1.43. The van der Waals surface area contributed by atoms with Crippen molar-refractivity contribution >= 4 is 0 Å². The van der Waals surface area contributed by atoms with Crippen LogP contribution in [0.15, 0.2) is 12.2 Å². The summed E-state index contributed by atoms with van der Waals surface area (Å²) in [5.41, 5.74) is -0.559. The lowest BCUT2D eigenvalue weighted by Gasteiger charge is -2.27. The monoisotopic (exact) mass is 212 g/mol. The summed E-state index contributed by atoms with van der Waals surface area (Å²) in [5, 5.41) is 10.2. The Morgan fingerprint density at radius 2 is 2.13 bits per heavy atom. The Bertz CT molecular complexity index is 221. The summed E-state index contributed by atoms with van der Waals surface area (Å²) in [7, 11) is 0. The van der Waals surface area contributed by atoms with Gasteiger partial charge in [0.1, 0.15) is 0 Å². The lowest BCUT2D eigenvalue weighted by atomic mass is 9.87. The molecule has 1 aliphatic carbocycles.